The molecule has 12 heteroatoms. The predicted octanol–water partition coefficient (Wildman–Crippen LogP) is 6.32. The molecule has 0 radical (unpaired) electrons. The van der Waals surface area contributed by atoms with Crippen LogP contribution in [0.1, 0.15) is 84.7 Å². The number of aromatic nitrogens is 2. The van der Waals surface area contributed by atoms with Crippen LogP contribution in [0.2, 0.25) is 5.02 Å². The lowest BCUT2D eigenvalue weighted by Crippen LogP contribution is -2.57. The summed E-state index contributed by atoms with van der Waals surface area (Å²) in [6.07, 6.45) is 11.0. The van der Waals surface area contributed by atoms with Crippen LogP contribution >= 0.6 is 11.6 Å². The number of amides is 2. The van der Waals surface area contributed by atoms with Gasteiger partial charge in [-0.3, -0.25) is 14.6 Å². The molecule has 2 aromatic carbocycles. The standard InChI is InChI=1S/C39H42ClN5O5S/c1-43-20-25-9-10-26(21-43)45(25)38(47)39-18-31(39)30-17-27(50-2)11-13-28(30)36-35(23-6-4-3-5-7-23)29-12-8-24(16-33(29)44(36)22-39)37(46)42-51(48,49)34-19-41-15-14-32(34)40/h8,11-17,19,23,25-26,31H,3-7,9-10,18,20-22H2,1-2H3,(H,42,46). The Hall–Kier alpha value is -3.93. The lowest BCUT2D eigenvalue weighted by Gasteiger charge is -2.41. The second-order valence-corrected chi connectivity index (χ2v) is 17.4. The number of carbonyl (C=O) groups is 2. The summed E-state index contributed by atoms with van der Waals surface area (Å²) in [5.41, 5.74) is 5.08. The number of nitrogens with zero attached hydrogens (tertiary/aromatic N) is 4. The van der Waals surface area contributed by atoms with Crippen LogP contribution in [0.3, 0.4) is 0 Å². The van der Waals surface area contributed by atoms with Gasteiger partial charge in [0, 0.05) is 72.1 Å². The van der Waals surface area contributed by atoms with Crippen molar-refractivity contribution in [3.05, 3.63) is 76.6 Å². The van der Waals surface area contributed by atoms with Crippen molar-refractivity contribution in [3.63, 3.8) is 0 Å². The Balaban J connectivity index is 1.21. The molecule has 3 aliphatic heterocycles. The fourth-order valence-corrected chi connectivity index (χ4v) is 11.3. The van der Waals surface area contributed by atoms with Gasteiger partial charge in [-0.25, -0.2) is 13.1 Å². The molecule has 5 heterocycles. The normalized spacial score (nSPS) is 25.9. The van der Waals surface area contributed by atoms with Gasteiger partial charge >= 0.3 is 0 Å². The smallest absolute Gasteiger partial charge is 0.267 e. The molecule has 4 unspecified atom stereocenters. The lowest BCUT2D eigenvalue weighted by atomic mass is 9.81. The summed E-state index contributed by atoms with van der Waals surface area (Å²) in [4.78, 5) is 37.0. The molecule has 4 aromatic rings. The number of ether oxygens (including phenoxy) is 1. The molecular weight excluding hydrogens is 686 g/mol. The van der Waals surface area contributed by atoms with Crippen molar-refractivity contribution in [1.82, 2.24) is 24.1 Å². The number of piperazine rings is 1. The third-order valence-electron chi connectivity index (χ3n) is 12.4. The van der Waals surface area contributed by atoms with Crippen molar-refractivity contribution in [2.75, 3.05) is 27.2 Å². The lowest BCUT2D eigenvalue weighted by molar-refractivity contribution is -0.143. The first-order chi connectivity index (χ1) is 24.6. The highest BCUT2D eigenvalue weighted by Crippen LogP contribution is 2.66. The molecule has 2 saturated heterocycles. The maximum Gasteiger partial charge on any atom is 0.267 e. The summed E-state index contributed by atoms with van der Waals surface area (Å²) in [5.74, 6) is 0.636. The molecule has 10 nitrogen and oxygen atoms in total. The van der Waals surface area contributed by atoms with Crippen LogP contribution < -0.4 is 9.46 Å². The zero-order valence-electron chi connectivity index (χ0n) is 28.9. The van der Waals surface area contributed by atoms with E-state index in [0.29, 0.717) is 12.5 Å². The number of nitrogens with one attached hydrogen (secondary N) is 1. The second-order valence-electron chi connectivity index (χ2n) is 15.3. The number of hydrogen-bond donors (Lipinski definition) is 1. The minimum Gasteiger partial charge on any atom is -0.497 e. The fraction of sp³-hybridized carbons (Fsp3) is 0.462. The van der Waals surface area contributed by atoms with Gasteiger partial charge in [-0.05, 0) is 92.6 Å². The number of rotatable bonds is 6. The molecular formula is C39H42ClN5O5S. The van der Waals surface area contributed by atoms with E-state index < -0.39 is 21.3 Å². The van der Waals surface area contributed by atoms with Gasteiger partial charge < -0.3 is 19.1 Å². The average Bonchev–Trinajstić information content (AvgIpc) is 3.71. The number of benzene rings is 2. The molecule has 51 heavy (non-hydrogen) atoms. The quantitative estimate of drug-likeness (QED) is 0.247. The summed E-state index contributed by atoms with van der Waals surface area (Å²) in [6.45, 7) is 2.28. The van der Waals surface area contributed by atoms with Crippen LogP contribution in [-0.2, 0) is 21.4 Å². The SMILES string of the molecule is COc1ccc2c(c1)C1CC1(C(=O)N1C3CCC1CN(C)C3)Cn1c-2c(C2CCCCC2)c2ccc(C(=O)NS(=O)(=O)c3cnccc3Cl)cc21. The summed E-state index contributed by atoms with van der Waals surface area (Å²) < 4.78 is 36.8. The van der Waals surface area contributed by atoms with Crippen molar-refractivity contribution in [3.8, 4) is 17.0 Å². The summed E-state index contributed by atoms with van der Waals surface area (Å²) in [5, 5.41) is 1.03. The van der Waals surface area contributed by atoms with Crippen LogP contribution in [0.4, 0.5) is 0 Å². The number of halogens is 1. The highest BCUT2D eigenvalue weighted by Gasteiger charge is 2.65. The Morgan fingerprint density at radius 1 is 1.00 bits per heavy atom. The topological polar surface area (TPSA) is 114 Å². The first-order valence-electron chi connectivity index (χ1n) is 18.1. The first kappa shape index (κ1) is 32.9. The van der Waals surface area contributed by atoms with Crippen molar-refractivity contribution in [1.29, 1.82) is 0 Å². The van der Waals surface area contributed by atoms with E-state index in [1.54, 1.807) is 13.2 Å². The fourth-order valence-electron chi connectivity index (χ4n) is 9.92. The Bertz CT molecular complexity index is 2200. The number of sulfonamides is 1. The number of likely N-dealkylation sites (tertiary alicyclic amines) is 1. The van der Waals surface area contributed by atoms with Gasteiger partial charge in [0.2, 0.25) is 5.91 Å². The van der Waals surface area contributed by atoms with E-state index in [1.165, 1.54) is 24.2 Å². The highest BCUT2D eigenvalue weighted by molar-refractivity contribution is 7.90. The first-order valence-corrected chi connectivity index (χ1v) is 20.0. The van der Waals surface area contributed by atoms with Gasteiger partial charge in [-0.15, -0.1) is 0 Å². The van der Waals surface area contributed by atoms with Crippen molar-refractivity contribution < 1.29 is 22.7 Å². The monoisotopic (exact) mass is 727 g/mol. The minimum atomic E-state index is -4.28. The number of carbonyl (C=O) groups excluding carboxylic acids is 2. The molecule has 9 rings (SSSR count). The Morgan fingerprint density at radius 2 is 1.76 bits per heavy atom. The van der Waals surface area contributed by atoms with E-state index in [4.69, 9.17) is 16.3 Å². The number of hydrogen-bond acceptors (Lipinski definition) is 7. The Labute approximate surface area is 303 Å². The van der Waals surface area contributed by atoms with Gasteiger partial charge in [0.15, 0.2) is 0 Å². The van der Waals surface area contributed by atoms with E-state index in [-0.39, 0.29) is 39.4 Å². The van der Waals surface area contributed by atoms with Crippen LogP contribution in [0.5, 0.6) is 5.75 Å². The molecule has 2 bridgehead atoms. The summed E-state index contributed by atoms with van der Waals surface area (Å²) in [7, 11) is -0.450. The summed E-state index contributed by atoms with van der Waals surface area (Å²) >= 11 is 6.17. The minimum absolute atomic E-state index is 0.0205. The zero-order valence-corrected chi connectivity index (χ0v) is 30.5. The number of pyridine rings is 1. The van der Waals surface area contributed by atoms with Gasteiger partial charge in [0.25, 0.3) is 15.9 Å². The second kappa shape index (κ2) is 12.1. The average molecular weight is 728 g/mol. The largest absolute Gasteiger partial charge is 0.497 e. The maximum absolute atomic E-state index is 15.1. The molecule has 2 amide bonds. The van der Waals surface area contributed by atoms with Crippen molar-refractivity contribution in [2.45, 2.75) is 86.7 Å². The predicted molar refractivity (Wildman–Crippen MR) is 195 cm³/mol. The van der Waals surface area contributed by atoms with Crippen molar-refractivity contribution >= 4 is 44.3 Å². The van der Waals surface area contributed by atoms with Crippen LogP contribution in [0.25, 0.3) is 22.2 Å². The maximum atomic E-state index is 15.1. The molecule has 4 atom stereocenters. The molecule has 2 aliphatic carbocycles. The third kappa shape index (κ3) is 5.21. The number of likely N-dealkylation sites (N-methyl/N-ethyl adjacent to an activating group) is 1. The van der Waals surface area contributed by atoms with Crippen LogP contribution in [0.15, 0.2) is 59.8 Å². The molecule has 4 fully saturated rings. The third-order valence-corrected chi connectivity index (χ3v) is 14.2. The van der Waals surface area contributed by atoms with E-state index in [9.17, 15) is 13.2 Å². The van der Waals surface area contributed by atoms with E-state index in [0.717, 1.165) is 97.7 Å². The van der Waals surface area contributed by atoms with E-state index in [2.05, 4.69) is 43.3 Å². The van der Waals surface area contributed by atoms with Gasteiger partial charge in [0.1, 0.15) is 10.6 Å². The highest BCUT2D eigenvalue weighted by atomic mass is 35.5. The van der Waals surface area contributed by atoms with Crippen molar-refractivity contribution in [2.24, 2.45) is 5.41 Å². The van der Waals surface area contributed by atoms with Crippen LogP contribution in [0, 0.1) is 5.41 Å². The Kier molecular flexibility index (Phi) is 7.79. The molecule has 5 aliphatic rings. The van der Waals surface area contributed by atoms with Crippen LogP contribution in [-0.4, -0.2) is 78.9 Å². The Morgan fingerprint density at radius 3 is 2.49 bits per heavy atom. The molecule has 2 saturated carbocycles. The van der Waals surface area contributed by atoms with Gasteiger partial charge in [0.05, 0.1) is 23.2 Å². The van der Waals surface area contributed by atoms with E-state index >= 15 is 4.79 Å². The molecule has 2 aromatic heterocycles. The van der Waals surface area contributed by atoms with Gasteiger partial charge in [-0.1, -0.05) is 36.9 Å². The zero-order chi connectivity index (χ0) is 35.2. The van der Waals surface area contributed by atoms with E-state index in [1.807, 2.05) is 18.2 Å². The summed E-state index contributed by atoms with van der Waals surface area (Å²) in [6, 6.07) is 13.6. The van der Waals surface area contributed by atoms with Gasteiger partial charge in [-0.2, -0.15) is 0 Å². The molecule has 0 spiro atoms. The molecule has 266 valence electrons. The number of fused-ring (bicyclic) bond motifs is 9. The molecule has 1 N–H and O–H groups in total. The number of methoxy groups -OCH3 is 1.